The number of hydrogen-bond donors (Lipinski definition) is 1. The van der Waals surface area contributed by atoms with Gasteiger partial charge in [0.15, 0.2) is 11.1 Å². The summed E-state index contributed by atoms with van der Waals surface area (Å²) in [5, 5.41) is 0.976. The monoisotopic (exact) mass is 661 g/mol. The predicted octanol–water partition coefficient (Wildman–Crippen LogP) is 6.26. The fraction of sp³-hybridized carbons (Fsp3) is 0.353. The molecule has 3 aromatic heterocycles. The maximum absolute atomic E-state index is 6.50. The first-order valence-corrected chi connectivity index (χ1v) is 15.9. The van der Waals surface area contributed by atoms with Crippen LogP contribution in [0.1, 0.15) is 41.8 Å². The number of likely N-dealkylation sites (tertiary alicyclic amines) is 1. The molecule has 1 N–H and O–H groups in total. The van der Waals surface area contributed by atoms with Gasteiger partial charge in [-0.05, 0) is 48.7 Å². The molecule has 10 nitrogen and oxygen atoms in total. The SMILES string of the molecule is COc1ccc(CN2CC[C@H](c3nc4c([nH]3)c(=NCc3ccc(OC)cc3OC)ncn4Cc3c(Cl)cncc3Cl)[C@@H](C)C2)cc1. The second kappa shape index (κ2) is 14.1. The minimum Gasteiger partial charge on any atom is -0.497 e. The molecule has 4 heterocycles. The normalized spacial score (nSPS) is 17.4. The van der Waals surface area contributed by atoms with Gasteiger partial charge in [0.05, 0.1) is 50.8 Å². The highest BCUT2D eigenvalue weighted by molar-refractivity contribution is 6.35. The lowest BCUT2D eigenvalue weighted by Crippen LogP contribution is -2.38. The van der Waals surface area contributed by atoms with Crippen molar-refractivity contribution in [2.75, 3.05) is 34.4 Å². The molecule has 0 radical (unpaired) electrons. The Hall–Kier alpha value is -4.12. The molecule has 1 aliphatic heterocycles. The Morgan fingerprint density at radius 1 is 0.957 bits per heavy atom. The summed E-state index contributed by atoms with van der Waals surface area (Å²) < 4.78 is 18.2. The standard InChI is InChI=1S/C34H37Cl2N7O3/c1-21-17-42(18-22-5-8-24(44-2)9-6-22)12-11-26(21)32-40-31-33(38-14-23-7-10-25(45-3)13-30(23)46-4)39-20-43(34(31)41-32)19-27-28(35)15-37-16-29(27)36/h5-10,13,15-16,20-21,26H,11-12,14,17-19H2,1-4H3,(H,40,41)/t21-,26-/m0/s1. The number of hydrogen-bond acceptors (Lipinski definition) is 8. The van der Waals surface area contributed by atoms with Gasteiger partial charge in [-0.15, -0.1) is 0 Å². The van der Waals surface area contributed by atoms with Crippen molar-refractivity contribution in [1.82, 2.24) is 29.4 Å². The van der Waals surface area contributed by atoms with Gasteiger partial charge in [0.2, 0.25) is 0 Å². The molecule has 1 aliphatic rings. The zero-order chi connectivity index (χ0) is 32.2. The summed E-state index contributed by atoms with van der Waals surface area (Å²) in [6, 6.07) is 14.0. The number of pyridine rings is 1. The second-order valence-electron chi connectivity index (χ2n) is 11.5. The zero-order valence-electron chi connectivity index (χ0n) is 26.3. The Morgan fingerprint density at radius 3 is 2.39 bits per heavy atom. The van der Waals surface area contributed by atoms with Crippen molar-refractivity contribution in [3.05, 3.63) is 99.2 Å². The van der Waals surface area contributed by atoms with Gasteiger partial charge in [-0.2, -0.15) is 0 Å². The van der Waals surface area contributed by atoms with Crippen LogP contribution in [0, 0.1) is 5.92 Å². The molecule has 0 spiro atoms. The Bertz CT molecular complexity index is 1870. The van der Waals surface area contributed by atoms with Crippen LogP contribution in [0.3, 0.4) is 0 Å². The minimum atomic E-state index is 0.246. The van der Waals surface area contributed by atoms with Crippen LogP contribution in [0.4, 0.5) is 0 Å². The van der Waals surface area contributed by atoms with E-state index in [0.717, 1.165) is 65.7 Å². The van der Waals surface area contributed by atoms with Gasteiger partial charge in [-0.1, -0.05) is 42.3 Å². The minimum absolute atomic E-state index is 0.246. The highest BCUT2D eigenvalue weighted by Gasteiger charge is 2.30. The topological polar surface area (TPSA) is 103 Å². The largest absolute Gasteiger partial charge is 0.497 e. The maximum Gasteiger partial charge on any atom is 0.177 e. The number of nitrogens with zero attached hydrogens (tertiary/aromatic N) is 6. The van der Waals surface area contributed by atoms with Crippen LogP contribution in [-0.4, -0.2) is 63.8 Å². The molecule has 2 atom stereocenters. The zero-order valence-corrected chi connectivity index (χ0v) is 27.8. The first kappa shape index (κ1) is 31.8. The number of ether oxygens (including phenoxy) is 3. The molecule has 1 fully saturated rings. The van der Waals surface area contributed by atoms with Crippen LogP contribution in [0.25, 0.3) is 11.2 Å². The molecular weight excluding hydrogens is 625 g/mol. The summed E-state index contributed by atoms with van der Waals surface area (Å²) in [5.41, 5.74) is 5.02. The van der Waals surface area contributed by atoms with Crippen LogP contribution in [0.2, 0.25) is 10.0 Å². The van der Waals surface area contributed by atoms with E-state index in [0.29, 0.717) is 40.3 Å². The van der Waals surface area contributed by atoms with E-state index < -0.39 is 0 Å². The number of piperidine rings is 1. The van der Waals surface area contributed by atoms with Gasteiger partial charge in [0, 0.05) is 48.6 Å². The number of methoxy groups -OCH3 is 3. The smallest absolute Gasteiger partial charge is 0.177 e. The fourth-order valence-electron chi connectivity index (χ4n) is 6.07. The lowest BCUT2D eigenvalue weighted by Gasteiger charge is -2.36. The lowest BCUT2D eigenvalue weighted by molar-refractivity contribution is 0.153. The van der Waals surface area contributed by atoms with Gasteiger partial charge in [-0.3, -0.25) is 14.9 Å². The number of fused-ring (bicyclic) bond motifs is 1. The molecule has 0 saturated carbocycles. The summed E-state index contributed by atoms with van der Waals surface area (Å²) in [4.78, 5) is 25.1. The van der Waals surface area contributed by atoms with Crippen LogP contribution in [0.5, 0.6) is 17.2 Å². The summed E-state index contributed by atoms with van der Waals surface area (Å²) in [5.74, 6) is 3.84. The molecule has 240 valence electrons. The molecule has 6 rings (SSSR count). The molecule has 2 aromatic carbocycles. The van der Waals surface area contributed by atoms with Crippen molar-refractivity contribution >= 4 is 34.4 Å². The third-order valence-corrected chi connectivity index (χ3v) is 9.25. The number of benzene rings is 2. The molecule has 0 bridgehead atoms. The highest BCUT2D eigenvalue weighted by Crippen LogP contribution is 2.33. The Labute approximate surface area is 278 Å². The van der Waals surface area contributed by atoms with Gasteiger partial charge in [0.1, 0.15) is 28.6 Å². The molecular formula is C34H37Cl2N7O3. The van der Waals surface area contributed by atoms with Crippen molar-refractivity contribution in [3.63, 3.8) is 0 Å². The number of halogens is 2. The van der Waals surface area contributed by atoms with Gasteiger partial charge < -0.3 is 23.8 Å². The Kier molecular flexibility index (Phi) is 9.77. The van der Waals surface area contributed by atoms with Crippen molar-refractivity contribution in [2.45, 2.75) is 38.9 Å². The Morgan fingerprint density at radius 2 is 1.70 bits per heavy atom. The average molecular weight is 663 g/mol. The van der Waals surface area contributed by atoms with E-state index in [4.69, 9.17) is 52.4 Å². The van der Waals surface area contributed by atoms with Gasteiger partial charge >= 0.3 is 0 Å². The van der Waals surface area contributed by atoms with Crippen molar-refractivity contribution < 1.29 is 14.2 Å². The third-order valence-electron chi connectivity index (χ3n) is 8.60. The molecule has 46 heavy (non-hydrogen) atoms. The van der Waals surface area contributed by atoms with Crippen LogP contribution in [-0.2, 0) is 19.6 Å². The second-order valence-corrected chi connectivity index (χ2v) is 12.4. The molecule has 12 heteroatoms. The Balaban J connectivity index is 1.32. The summed E-state index contributed by atoms with van der Waals surface area (Å²) >= 11 is 13.0. The first-order chi connectivity index (χ1) is 22.4. The van der Waals surface area contributed by atoms with E-state index in [1.165, 1.54) is 5.56 Å². The maximum atomic E-state index is 6.50. The highest BCUT2D eigenvalue weighted by atomic mass is 35.5. The molecule has 0 aliphatic carbocycles. The number of H-pyrrole nitrogens is 1. The molecule has 0 amide bonds. The molecule has 0 unspecified atom stereocenters. The lowest BCUT2D eigenvalue weighted by atomic mass is 9.86. The van der Waals surface area contributed by atoms with E-state index in [1.807, 2.05) is 34.9 Å². The number of aromatic nitrogens is 5. The summed E-state index contributed by atoms with van der Waals surface area (Å²) in [7, 11) is 4.96. The van der Waals surface area contributed by atoms with E-state index >= 15 is 0 Å². The fourth-order valence-corrected chi connectivity index (χ4v) is 6.56. The van der Waals surface area contributed by atoms with Crippen molar-refractivity contribution in [1.29, 1.82) is 0 Å². The number of imidazole rings is 1. The molecule has 5 aromatic rings. The van der Waals surface area contributed by atoms with E-state index in [1.54, 1.807) is 40.1 Å². The van der Waals surface area contributed by atoms with E-state index in [-0.39, 0.29) is 5.92 Å². The van der Waals surface area contributed by atoms with Gasteiger partial charge in [-0.25, -0.2) is 9.97 Å². The first-order valence-electron chi connectivity index (χ1n) is 15.2. The summed E-state index contributed by atoms with van der Waals surface area (Å²) in [6.07, 6.45) is 5.90. The third kappa shape index (κ3) is 6.84. The van der Waals surface area contributed by atoms with E-state index in [2.05, 4.69) is 33.9 Å². The van der Waals surface area contributed by atoms with Crippen molar-refractivity contribution in [3.8, 4) is 17.2 Å². The number of rotatable bonds is 10. The van der Waals surface area contributed by atoms with Gasteiger partial charge in [0.25, 0.3) is 0 Å². The number of aromatic amines is 1. The van der Waals surface area contributed by atoms with E-state index in [9.17, 15) is 0 Å². The van der Waals surface area contributed by atoms with Crippen LogP contribution < -0.4 is 19.7 Å². The molecule has 1 saturated heterocycles. The van der Waals surface area contributed by atoms with Crippen molar-refractivity contribution in [2.24, 2.45) is 10.9 Å². The summed E-state index contributed by atoms with van der Waals surface area (Å²) in [6.45, 7) is 5.88. The van der Waals surface area contributed by atoms with Crippen LogP contribution >= 0.6 is 23.2 Å². The van der Waals surface area contributed by atoms with Crippen LogP contribution in [0.15, 0.2) is 66.2 Å². The number of nitrogens with one attached hydrogen (secondary N) is 1. The average Bonchev–Trinajstić information content (AvgIpc) is 3.52. The quantitative estimate of drug-likeness (QED) is 0.188. The predicted molar refractivity (Wildman–Crippen MR) is 179 cm³/mol.